The molecule has 1 unspecified atom stereocenters. The first-order chi connectivity index (χ1) is 12.0. The molecule has 0 aliphatic carbocycles. The number of hydrogen-bond donors (Lipinski definition) is 1. The lowest BCUT2D eigenvalue weighted by Gasteiger charge is -2.35. The standard InChI is InChI=1S/C18H27N3O3S/c1-16-6-5-9-19(14-16)15-18(22)20-10-12-21(13-11-20)25(23,24)17-7-3-2-4-8-17/h2-4,7-8,16H,5-6,9-15H2,1H3/p+1/t16-/m1/s1. The highest BCUT2D eigenvalue weighted by atomic mass is 32.2. The number of hydrogen-bond acceptors (Lipinski definition) is 3. The molecule has 2 saturated heterocycles. The number of benzene rings is 1. The highest BCUT2D eigenvalue weighted by Crippen LogP contribution is 2.17. The maximum absolute atomic E-state index is 12.6. The molecule has 1 N–H and O–H groups in total. The van der Waals surface area contributed by atoms with Crippen molar-refractivity contribution in [1.82, 2.24) is 9.21 Å². The minimum Gasteiger partial charge on any atom is -0.335 e. The van der Waals surface area contributed by atoms with Crippen LogP contribution in [0.1, 0.15) is 19.8 Å². The summed E-state index contributed by atoms with van der Waals surface area (Å²) in [5.74, 6) is 0.838. The van der Waals surface area contributed by atoms with Crippen molar-refractivity contribution in [3.05, 3.63) is 30.3 Å². The molecule has 2 aliphatic heterocycles. The molecule has 0 spiro atoms. The van der Waals surface area contributed by atoms with E-state index >= 15 is 0 Å². The fourth-order valence-corrected chi connectivity index (χ4v) is 5.25. The molecule has 2 heterocycles. The van der Waals surface area contributed by atoms with Crippen LogP contribution < -0.4 is 4.90 Å². The first-order valence-corrected chi connectivity index (χ1v) is 10.6. The van der Waals surface area contributed by atoms with Gasteiger partial charge in [0.15, 0.2) is 6.54 Å². The Bertz CT molecular complexity index is 685. The molecule has 138 valence electrons. The topological polar surface area (TPSA) is 62.1 Å². The zero-order chi connectivity index (χ0) is 17.9. The van der Waals surface area contributed by atoms with Gasteiger partial charge in [-0.25, -0.2) is 8.42 Å². The van der Waals surface area contributed by atoms with Crippen LogP contribution in [0.25, 0.3) is 0 Å². The Morgan fingerprint density at radius 3 is 2.48 bits per heavy atom. The third-order valence-electron chi connectivity index (χ3n) is 5.24. The number of likely N-dealkylation sites (tertiary alicyclic amines) is 1. The average molecular weight is 367 g/mol. The Morgan fingerprint density at radius 1 is 1.16 bits per heavy atom. The van der Waals surface area contributed by atoms with Gasteiger partial charge in [0.05, 0.1) is 18.0 Å². The van der Waals surface area contributed by atoms with Crippen LogP contribution in [-0.4, -0.2) is 69.3 Å². The van der Waals surface area contributed by atoms with E-state index in [4.69, 9.17) is 0 Å². The van der Waals surface area contributed by atoms with Gasteiger partial charge in [-0.1, -0.05) is 25.1 Å². The molecular weight excluding hydrogens is 338 g/mol. The second-order valence-corrected chi connectivity index (χ2v) is 9.16. The lowest BCUT2D eigenvalue weighted by molar-refractivity contribution is -0.900. The molecule has 25 heavy (non-hydrogen) atoms. The predicted molar refractivity (Wildman–Crippen MR) is 95.7 cm³/mol. The van der Waals surface area contributed by atoms with E-state index in [-0.39, 0.29) is 5.91 Å². The molecule has 0 bridgehead atoms. The Kier molecular flexibility index (Phi) is 5.76. The van der Waals surface area contributed by atoms with Crippen LogP contribution in [0.4, 0.5) is 0 Å². The van der Waals surface area contributed by atoms with Gasteiger partial charge in [0, 0.05) is 32.1 Å². The fraction of sp³-hybridized carbons (Fsp3) is 0.611. The van der Waals surface area contributed by atoms with Crippen molar-refractivity contribution in [1.29, 1.82) is 0 Å². The van der Waals surface area contributed by atoms with Crippen molar-refractivity contribution in [2.24, 2.45) is 5.92 Å². The van der Waals surface area contributed by atoms with Gasteiger partial charge >= 0.3 is 0 Å². The SMILES string of the molecule is C[C@@H]1CCC[NH+](CC(=O)N2CCN(S(=O)(=O)c3ccccc3)CC2)C1. The zero-order valence-electron chi connectivity index (χ0n) is 14.9. The molecule has 0 radical (unpaired) electrons. The van der Waals surface area contributed by atoms with Gasteiger partial charge < -0.3 is 9.80 Å². The van der Waals surface area contributed by atoms with E-state index in [2.05, 4.69) is 6.92 Å². The highest BCUT2D eigenvalue weighted by Gasteiger charge is 2.31. The Balaban J connectivity index is 1.54. The number of amides is 1. The molecule has 2 atom stereocenters. The molecule has 0 saturated carbocycles. The van der Waals surface area contributed by atoms with E-state index in [1.54, 1.807) is 30.3 Å². The van der Waals surface area contributed by atoms with Crippen molar-refractivity contribution < 1.29 is 18.1 Å². The lowest BCUT2D eigenvalue weighted by Crippen LogP contribution is -3.14. The zero-order valence-corrected chi connectivity index (χ0v) is 15.7. The van der Waals surface area contributed by atoms with Gasteiger partial charge in [0.25, 0.3) is 5.91 Å². The molecule has 6 nitrogen and oxygen atoms in total. The lowest BCUT2D eigenvalue weighted by atomic mass is 10.0. The number of rotatable bonds is 4. The maximum atomic E-state index is 12.6. The van der Waals surface area contributed by atoms with Gasteiger partial charge in [0.2, 0.25) is 10.0 Å². The van der Waals surface area contributed by atoms with Crippen LogP contribution in [0.2, 0.25) is 0 Å². The van der Waals surface area contributed by atoms with Crippen LogP contribution in [-0.2, 0) is 14.8 Å². The summed E-state index contributed by atoms with van der Waals surface area (Å²) in [6.45, 7) is 6.62. The molecule has 1 aromatic rings. The highest BCUT2D eigenvalue weighted by molar-refractivity contribution is 7.89. The van der Waals surface area contributed by atoms with Crippen molar-refractivity contribution in [3.63, 3.8) is 0 Å². The maximum Gasteiger partial charge on any atom is 0.277 e. The number of piperidine rings is 1. The number of nitrogens with one attached hydrogen (secondary N) is 1. The van der Waals surface area contributed by atoms with E-state index in [0.717, 1.165) is 13.1 Å². The first-order valence-electron chi connectivity index (χ1n) is 9.13. The second-order valence-electron chi connectivity index (χ2n) is 7.23. The van der Waals surface area contributed by atoms with Crippen molar-refractivity contribution in [2.75, 3.05) is 45.8 Å². The molecule has 1 amide bonds. The van der Waals surface area contributed by atoms with Gasteiger partial charge in [-0.2, -0.15) is 4.31 Å². The first kappa shape index (κ1) is 18.4. The van der Waals surface area contributed by atoms with Crippen molar-refractivity contribution in [3.8, 4) is 0 Å². The quantitative estimate of drug-likeness (QED) is 0.805. The Hall–Kier alpha value is -1.44. The van der Waals surface area contributed by atoms with E-state index in [1.165, 1.54) is 22.0 Å². The van der Waals surface area contributed by atoms with Crippen molar-refractivity contribution >= 4 is 15.9 Å². The molecule has 1 aromatic carbocycles. The smallest absolute Gasteiger partial charge is 0.277 e. The van der Waals surface area contributed by atoms with Gasteiger partial charge in [-0.3, -0.25) is 4.79 Å². The number of quaternary nitrogens is 1. The van der Waals surface area contributed by atoms with Crippen LogP contribution in [0.15, 0.2) is 35.2 Å². The summed E-state index contributed by atoms with van der Waals surface area (Å²) in [5, 5.41) is 0. The minimum absolute atomic E-state index is 0.154. The van der Waals surface area contributed by atoms with Gasteiger partial charge in [-0.05, 0) is 25.0 Å². The van der Waals surface area contributed by atoms with Crippen LogP contribution in [0.5, 0.6) is 0 Å². The van der Waals surface area contributed by atoms with E-state index < -0.39 is 10.0 Å². The van der Waals surface area contributed by atoms with E-state index in [0.29, 0.717) is 43.5 Å². The molecule has 3 rings (SSSR count). The van der Waals surface area contributed by atoms with Crippen LogP contribution in [0, 0.1) is 5.92 Å². The summed E-state index contributed by atoms with van der Waals surface area (Å²) in [6.07, 6.45) is 2.45. The predicted octanol–water partition coefficient (Wildman–Crippen LogP) is -0.166. The third-order valence-corrected chi connectivity index (χ3v) is 7.15. The number of sulfonamides is 1. The minimum atomic E-state index is -3.46. The summed E-state index contributed by atoms with van der Waals surface area (Å²) in [7, 11) is -3.46. The summed E-state index contributed by atoms with van der Waals surface area (Å²) < 4.78 is 26.8. The van der Waals surface area contributed by atoms with Crippen LogP contribution in [0.3, 0.4) is 0 Å². The molecule has 0 aromatic heterocycles. The normalized spacial score (nSPS) is 25.7. The van der Waals surface area contributed by atoms with E-state index in [1.807, 2.05) is 4.90 Å². The molecule has 2 fully saturated rings. The van der Waals surface area contributed by atoms with Gasteiger partial charge in [0.1, 0.15) is 0 Å². The van der Waals surface area contributed by atoms with Gasteiger partial charge in [-0.15, -0.1) is 0 Å². The largest absolute Gasteiger partial charge is 0.335 e. The summed E-state index contributed by atoms with van der Waals surface area (Å²) in [6, 6.07) is 8.50. The molecular formula is C18H28N3O3S+. The molecule has 2 aliphatic rings. The Morgan fingerprint density at radius 2 is 1.84 bits per heavy atom. The van der Waals surface area contributed by atoms with E-state index in [9.17, 15) is 13.2 Å². The Labute approximate surface area is 150 Å². The number of carbonyl (C=O) groups is 1. The fourth-order valence-electron chi connectivity index (χ4n) is 3.80. The second kappa shape index (κ2) is 7.85. The molecule has 7 heteroatoms. The van der Waals surface area contributed by atoms with Crippen molar-refractivity contribution in [2.45, 2.75) is 24.7 Å². The summed E-state index contributed by atoms with van der Waals surface area (Å²) >= 11 is 0. The summed E-state index contributed by atoms with van der Waals surface area (Å²) in [5.41, 5.74) is 0. The average Bonchev–Trinajstić information content (AvgIpc) is 2.62. The van der Waals surface area contributed by atoms with Crippen LogP contribution >= 0.6 is 0 Å². The number of piperazine rings is 1. The number of carbonyl (C=O) groups excluding carboxylic acids is 1. The summed E-state index contributed by atoms with van der Waals surface area (Å²) in [4.78, 5) is 16.0. The monoisotopic (exact) mass is 366 g/mol. The number of nitrogens with zero attached hydrogens (tertiary/aromatic N) is 2. The third kappa shape index (κ3) is 4.40.